The van der Waals surface area contributed by atoms with Crippen molar-refractivity contribution in [3.05, 3.63) is 83.6 Å². The summed E-state index contributed by atoms with van der Waals surface area (Å²) in [5.74, 6) is 1.07. The third-order valence-electron chi connectivity index (χ3n) is 5.21. The van der Waals surface area contributed by atoms with Gasteiger partial charge in [-0.1, -0.05) is 24.3 Å². The molecule has 2 N–H and O–H groups in total. The van der Waals surface area contributed by atoms with E-state index in [0.29, 0.717) is 23.3 Å². The first kappa shape index (κ1) is 19.8. The van der Waals surface area contributed by atoms with E-state index in [2.05, 4.69) is 37.7 Å². The Balaban J connectivity index is 1.69. The summed E-state index contributed by atoms with van der Waals surface area (Å²) in [7, 11) is 0. The second-order valence-electron chi connectivity index (χ2n) is 7.34. The monoisotopic (exact) mass is 431 g/mol. The van der Waals surface area contributed by atoms with Gasteiger partial charge < -0.3 is 10.6 Å². The number of rotatable bonds is 3. The number of fused-ring (bicyclic) bond motifs is 2. The molecule has 0 spiro atoms. The van der Waals surface area contributed by atoms with E-state index in [9.17, 15) is 13.2 Å². The lowest BCUT2D eigenvalue weighted by atomic mass is 10.0. The molecule has 0 amide bonds. The molecule has 8 heteroatoms. The lowest BCUT2D eigenvalue weighted by Gasteiger charge is -2.23. The second-order valence-corrected chi connectivity index (χ2v) is 7.34. The molecule has 5 nitrogen and oxygen atoms in total. The van der Waals surface area contributed by atoms with Gasteiger partial charge in [-0.25, -0.2) is 15.0 Å². The van der Waals surface area contributed by atoms with E-state index in [-0.39, 0.29) is 11.4 Å². The van der Waals surface area contributed by atoms with Crippen molar-refractivity contribution in [3.63, 3.8) is 0 Å². The lowest BCUT2D eigenvalue weighted by molar-refractivity contribution is -0.137. The van der Waals surface area contributed by atoms with Gasteiger partial charge in [0, 0.05) is 23.9 Å². The van der Waals surface area contributed by atoms with Crippen LogP contribution in [0.5, 0.6) is 0 Å². The molecule has 4 aromatic rings. The van der Waals surface area contributed by atoms with Gasteiger partial charge >= 0.3 is 6.18 Å². The fourth-order valence-electron chi connectivity index (χ4n) is 3.67. The van der Waals surface area contributed by atoms with Crippen molar-refractivity contribution in [1.29, 1.82) is 0 Å². The van der Waals surface area contributed by atoms with Crippen LogP contribution >= 0.6 is 0 Å². The fourth-order valence-corrected chi connectivity index (χ4v) is 3.67. The molecule has 0 atom stereocenters. The van der Waals surface area contributed by atoms with Crippen molar-refractivity contribution < 1.29 is 13.2 Å². The third kappa shape index (κ3) is 3.48. The number of alkyl halides is 3. The Morgan fingerprint density at radius 1 is 1.03 bits per heavy atom. The molecule has 0 unspecified atom stereocenters. The molecule has 3 heterocycles. The standard InChI is InChI=1S/C24H16F3N5/c1-14-13-29-21-17(9-6-12-28-21)20(14)31-23-16-8-3-5-11-19(16)30-22(32-23)15-7-2-4-10-18(15)24(25,26)27/h2-4,6-10,12H,13H2,1H3,(H,28,29)(H,30,31,32). The minimum atomic E-state index is -4.53. The van der Waals surface area contributed by atoms with Crippen molar-refractivity contribution in [1.82, 2.24) is 15.0 Å². The minimum absolute atomic E-state index is 0.0395. The zero-order valence-corrected chi connectivity index (χ0v) is 16.9. The fraction of sp³-hybridized carbons (Fsp3) is 0.125. The highest BCUT2D eigenvalue weighted by atomic mass is 19.4. The average molecular weight is 431 g/mol. The molecule has 32 heavy (non-hydrogen) atoms. The molecule has 0 bridgehead atoms. The van der Waals surface area contributed by atoms with Gasteiger partial charge in [0.1, 0.15) is 17.2 Å². The molecule has 158 valence electrons. The predicted octanol–water partition coefficient (Wildman–Crippen LogP) is 5.58. The Bertz CT molecular complexity index is 1360. The molecule has 0 fully saturated rings. The molecule has 0 radical (unpaired) electrons. The Kier molecular flexibility index (Phi) is 4.67. The first-order valence-corrected chi connectivity index (χ1v) is 9.84. The first-order valence-electron chi connectivity index (χ1n) is 9.84. The number of halogens is 3. The van der Waals surface area contributed by atoms with Crippen LogP contribution in [0.25, 0.3) is 28.0 Å². The van der Waals surface area contributed by atoms with Crippen molar-refractivity contribution in [2.75, 3.05) is 17.2 Å². The highest BCUT2D eigenvalue weighted by Gasteiger charge is 2.34. The maximum absolute atomic E-state index is 13.6. The van der Waals surface area contributed by atoms with Gasteiger partial charge in [0.05, 0.1) is 16.6 Å². The molecule has 1 aliphatic rings. The average Bonchev–Trinajstić information content (AvgIpc) is 2.80. The molecular weight excluding hydrogens is 415 g/mol. The van der Waals surface area contributed by atoms with Crippen LogP contribution in [-0.4, -0.2) is 21.5 Å². The summed E-state index contributed by atoms with van der Waals surface area (Å²) in [6.07, 6.45) is -2.84. The van der Waals surface area contributed by atoms with Gasteiger partial charge in [0.25, 0.3) is 0 Å². The van der Waals surface area contributed by atoms with Crippen LogP contribution in [-0.2, 0) is 6.18 Å². The van der Waals surface area contributed by atoms with Crippen molar-refractivity contribution >= 4 is 28.2 Å². The minimum Gasteiger partial charge on any atom is -0.366 e. The largest absolute Gasteiger partial charge is 0.417 e. The van der Waals surface area contributed by atoms with Gasteiger partial charge in [-0.3, -0.25) is 0 Å². The Morgan fingerprint density at radius 3 is 2.69 bits per heavy atom. The quantitative estimate of drug-likeness (QED) is 0.444. The molecule has 5 rings (SSSR count). The maximum Gasteiger partial charge on any atom is 0.417 e. The van der Waals surface area contributed by atoms with E-state index in [0.717, 1.165) is 28.7 Å². The van der Waals surface area contributed by atoms with Gasteiger partial charge in [0.2, 0.25) is 0 Å². The zero-order chi connectivity index (χ0) is 22.3. The van der Waals surface area contributed by atoms with Crippen molar-refractivity contribution in [2.24, 2.45) is 0 Å². The highest BCUT2D eigenvalue weighted by Crippen LogP contribution is 2.37. The SMILES string of the molecule is CC1=C(Nc2nc(-c3ccccc3C(F)(F)F)nc3c#cccc23)c2cccnc2NC1. The number of hydrogen-bond donors (Lipinski definition) is 2. The van der Waals surface area contributed by atoms with Gasteiger partial charge in [0.15, 0.2) is 5.82 Å². The van der Waals surface area contributed by atoms with E-state index in [4.69, 9.17) is 0 Å². The molecule has 2 aromatic heterocycles. The third-order valence-corrected chi connectivity index (χ3v) is 5.21. The van der Waals surface area contributed by atoms with Crippen LogP contribution < -0.4 is 10.6 Å². The van der Waals surface area contributed by atoms with E-state index >= 15 is 0 Å². The summed E-state index contributed by atoms with van der Waals surface area (Å²) in [6.45, 7) is 2.55. The summed E-state index contributed by atoms with van der Waals surface area (Å²) in [6, 6.07) is 18.2. The first-order chi connectivity index (χ1) is 15.4. The second kappa shape index (κ2) is 7.54. The predicted molar refractivity (Wildman–Crippen MR) is 117 cm³/mol. The van der Waals surface area contributed by atoms with Crippen LogP contribution in [0.2, 0.25) is 0 Å². The summed E-state index contributed by atoms with van der Waals surface area (Å²) < 4.78 is 40.9. The summed E-state index contributed by atoms with van der Waals surface area (Å²) >= 11 is 0. The van der Waals surface area contributed by atoms with E-state index in [1.54, 1.807) is 18.3 Å². The Labute approximate surface area is 182 Å². The van der Waals surface area contributed by atoms with Crippen LogP contribution in [0.4, 0.5) is 24.8 Å². The normalized spacial score (nSPS) is 13.4. The summed E-state index contributed by atoms with van der Waals surface area (Å²) in [5.41, 5.74) is 2.15. The van der Waals surface area contributed by atoms with Crippen molar-refractivity contribution in [2.45, 2.75) is 13.1 Å². The number of anilines is 2. The Hall–Kier alpha value is -4.12. The van der Waals surface area contributed by atoms with E-state index < -0.39 is 11.7 Å². The number of nitrogens with one attached hydrogen (secondary N) is 2. The van der Waals surface area contributed by atoms with Crippen molar-refractivity contribution in [3.8, 4) is 11.4 Å². The smallest absolute Gasteiger partial charge is 0.366 e. The molecule has 0 saturated heterocycles. The zero-order valence-electron chi connectivity index (χ0n) is 16.9. The van der Waals surface area contributed by atoms with Crippen LogP contribution in [0.1, 0.15) is 18.1 Å². The topological polar surface area (TPSA) is 62.7 Å². The van der Waals surface area contributed by atoms with Crippen LogP contribution in [0, 0.1) is 12.1 Å². The molecule has 0 saturated carbocycles. The number of aromatic nitrogens is 3. The maximum atomic E-state index is 13.6. The summed E-state index contributed by atoms with van der Waals surface area (Å²) in [4.78, 5) is 13.2. The molecule has 0 aliphatic carbocycles. The van der Waals surface area contributed by atoms with Crippen LogP contribution in [0.3, 0.4) is 0 Å². The van der Waals surface area contributed by atoms with E-state index in [1.807, 2.05) is 19.1 Å². The van der Waals surface area contributed by atoms with Crippen LogP contribution in [0.15, 0.2) is 60.3 Å². The molecule has 2 aromatic carbocycles. The Morgan fingerprint density at radius 2 is 1.84 bits per heavy atom. The number of nitrogens with zero attached hydrogens (tertiary/aromatic N) is 3. The van der Waals surface area contributed by atoms with Gasteiger partial charge in [-0.05, 0) is 48.9 Å². The van der Waals surface area contributed by atoms with Gasteiger partial charge in [-0.15, -0.1) is 0 Å². The van der Waals surface area contributed by atoms with E-state index in [1.165, 1.54) is 18.2 Å². The summed E-state index contributed by atoms with van der Waals surface area (Å²) in [5, 5.41) is 7.21. The lowest BCUT2D eigenvalue weighted by Crippen LogP contribution is -2.18. The molecular formula is C24H16F3N5. The number of hydrogen-bond acceptors (Lipinski definition) is 5. The van der Waals surface area contributed by atoms with Gasteiger partial charge in [-0.2, -0.15) is 13.2 Å². The highest BCUT2D eigenvalue weighted by molar-refractivity contribution is 5.95. The number of benzene rings is 1. The molecule has 1 aliphatic heterocycles. The number of pyridine rings is 1.